The largest absolute Gasteiger partial charge is 0.463 e. The molecule has 1 unspecified atom stereocenters. The summed E-state index contributed by atoms with van der Waals surface area (Å²) in [6, 6.07) is 9.76. The minimum absolute atomic E-state index is 0.266. The van der Waals surface area contributed by atoms with Gasteiger partial charge >= 0.3 is 0 Å². The van der Waals surface area contributed by atoms with E-state index >= 15 is 0 Å². The molecule has 15 heavy (non-hydrogen) atoms. The average molecular weight is 203 g/mol. The third-order valence-electron chi connectivity index (χ3n) is 2.22. The summed E-state index contributed by atoms with van der Waals surface area (Å²) in [5.41, 5.74) is 0.865. The van der Waals surface area contributed by atoms with Crippen LogP contribution in [0.1, 0.15) is 6.92 Å². The van der Waals surface area contributed by atoms with E-state index in [0.717, 1.165) is 16.7 Å². The minimum Gasteiger partial charge on any atom is -0.463 e. The molecule has 0 amide bonds. The van der Waals surface area contributed by atoms with E-state index < -0.39 is 0 Å². The Bertz CT molecular complexity index is 451. The molecule has 0 aliphatic rings. The molecule has 2 aromatic rings. The SMILES string of the molecule is COC(C)Oc1cccc2cccnc12. The van der Waals surface area contributed by atoms with Gasteiger partial charge in [0.25, 0.3) is 0 Å². The van der Waals surface area contributed by atoms with Gasteiger partial charge in [0.15, 0.2) is 6.29 Å². The fraction of sp³-hybridized carbons (Fsp3) is 0.250. The van der Waals surface area contributed by atoms with Crippen LogP contribution >= 0.6 is 0 Å². The number of hydrogen-bond acceptors (Lipinski definition) is 3. The molecule has 0 radical (unpaired) electrons. The molecule has 0 saturated carbocycles. The fourth-order valence-corrected chi connectivity index (χ4v) is 1.40. The lowest BCUT2D eigenvalue weighted by Gasteiger charge is -2.13. The van der Waals surface area contributed by atoms with Gasteiger partial charge in [-0.25, -0.2) is 0 Å². The van der Waals surface area contributed by atoms with Crippen molar-refractivity contribution >= 4 is 10.9 Å². The van der Waals surface area contributed by atoms with Crippen LogP contribution in [-0.2, 0) is 4.74 Å². The standard InChI is InChI=1S/C12H13NO2/c1-9(14-2)15-11-7-3-5-10-6-4-8-13-12(10)11/h3-9H,1-2H3. The number of methoxy groups -OCH3 is 1. The summed E-state index contributed by atoms with van der Waals surface area (Å²) in [5.74, 6) is 0.752. The number of ether oxygens (including phenoxy) is 2. The molecular weight excluding hydrogens is 190 g/mol. The number of rotatable bonds is 3. The zero-order valence-corrected chi connectivity index (χ0v) is 8.81. The van der Waals surface area contributed by atoms with Gasteiger partial charge in [-0.2, -0.15) is 0 Å². The van der Waals surface area contributed by atoms with E-state index in [9.17, 15) is 0 Å². The van der Waals surface area contributed by atoms with Crippen LogP contribution in [0, 0.1) is 0 Å². The quantitative estimate of drug-likeness (QED) is 0.718. The lowest BCUT2D eigenvalue weighted by molar-refractivity contribution is -0.0374. The molecule has 3 nitrogen and oxygen atoms in total. The van der Waals surface area contributed by atoms with Crippen molar-refractivity contribution in [2.45, 2.75) is 13.2 Å². The maximum Gasteiger partial charge on any atom is 0.196 e. The van der Waals surface area contributed by atoms with Crippen molar-refractivity contribution in [1.29, 1.82) is 0 Å². The van der Waals surface area contributed by atoms with Crippen LogP contribution in [0.4, 0.5) is 0 Å². The molecule has 1 heterocycles. The summed E-state index contributed by atoms with van der Waals surface area (Å²) < 4.78 is 10.6. The van der Waals surface area contributed by atoms with Crippen LogP contribution < -0.4 is 4.74 Å². The Labute approximate surface area is 88.7 Å². The number of hydrogen-bond donors (Lipinski definition) is 0. The lowest BCUT2D eigenvalue weighted by Crippen LogP contribution is -2.13. The summed E-state index contributed by atoms with van der Waals surface area (Å²) in [5, 5.41) is 1.07. The second kappa shape index (κ2) is 4.28. The van der Waals surface area contributed by atoms with Gasteiger partial charge in [-0.1, -0.05) is 18.2 Å². The predicted molar refractivity (Wildman–Crippen MR) is 58.8 cm³/mol. The summed E-state index contributed by atoms with van der Waals surface area (Å²) in [6.07, 6.45) is 1.49. The number of nitrogens with zero attached hydrogens (tertiary/aromatic N) is 1. The zero-order chi connectivity index (χ0) is 10.7. The van der Waals surface area contributed by atoms with E-state index in [-0.39, 0.29) is 6.29 Å². The van der Waals surface area contributed by atoms with E-state index in [1.54, 1.807) is 13.3 Å². The molecule has 0 bridgehead atoms. The summed E-state index contributed by atoms with van der Waals surface area (Å²) in [6.45, 7) is 1.85. The van der Waals surface area contributed by atoms with Crippen molar-refractivity contribution in [2.24, 2.45) is 0 Å². The highest BCUT2D eigenvalue weighted by atomic mass is 16.7. The lowest BCUT2D eigenvalue weighted by atomic mass is 10.2. The Hall–Kier alpha value is -1.61. The first kappa shape index (κ1) is 9.93. The normalized spacial score (nSPS) is 12.7. The topological polar surface area (TPSA) is 31.4 Å². The minimum atomic E-state index is -0.266. The summed E-state index contributed by atoms with van der Waals surface area (Å²) in [7, 11) is 1.61. The predicted octanol–water partition coefficient (Wildman–Crippen LogP) is 2.61. The molecule has 1 aromatic heterocycles. The molecule has 0 fully saturated rings. The van der Waals surface area contributed by atoms with Gasteiger partial charge in [-0.3, -0.25) is 4.98 Å². The van der Waals surface area contributed by atoms with Crippen molar-refractivity contribution < 1.29 is 9.47 Å². The first-order chi connectivity index (χ1) is 7.31. The molecule has 3 heteroatoms. The molecule has 0 aliphatic carbocycles. The van der Waals surface area contributed by atoms with Crippen molar-refractivity contribution in [3.8, 4) is 5.75 Å². The van der Waals surface area contributed by atoms with Gasteiger partial charge in [0.1, 0.15) is 11.3 Å². The average Bonchev–Trinajstić information content (AvgIpc) is 2.29. The maximum atomic E-state index is 5.59. The second-order valence-corrected chi connectivity index (χ2v) is 3.25. The van der Waals surface area contributed by atoms with Gasteiger partial charge in [0.05, 0.1) is 0 Å². The first-order valence-electron chi connectivity index (χ1n) is 4.84. The number of para-hydroxylation sites is 1. The number of aromatic nitrogens is 1. The number of pyridine rings is 1. The molecule has 2 rings (SSSR count). The monoisotopic (exact) mass is 203 g/mol. The van der Waals surface area contributed by atoms with Crippen molar-refractivity contribution in [2.75, 3.05) is 7.11 Å². The Kier molecular flexibility index (Phi) is 2.83. The van der Waals surface area contributed by atoms with Gasteiger partial charge in [0.2, 0.25) is 0 Å². The highest BCUT2D eigenvalue weighted by molar-refractivity contribution is 5.84. The van der Waals surface area contributed by atoms with Gasteiger partial charge in [-0.15, -0.1) is 0 Å². The van der Waals surface area contributed by atoms with Crippen LogP contribution in [0.2, 0.25) is 0 Å². The van der Waals surface area contributed by atoms with Crippen LogP contribution in [0.25, 0.3) is 10.9 Å². The third kappa shape index (κ3) is 2.07. The van der Waals surface area contributed by atoms with Crippen molar-refractivity contribution in [3.05, 3.63) is 36.5 Å². The van der Waals surface area contributed by atoms with Crippen molar-refractivity contribution in [3.63, 3.8) is 0 Å². The molecule has 0 saturated heterocycles. The highest BCUT2D eigenvalue weighted by Gasteiger charge is 2.06. The van der Waals surface area contributed by atoms with E-state index in [1.165, 1.54) is 0 Å². The highest BCUT2D eigenvalue weighted by Crippen LogP contribution is 2.23. The molecule has 1 atom stereocenters. The second-order valence-electron chi connectivity index (χ2n) is 3.25. The number of benzene rings is 1. The van der Waals surface area contributed by atoms with E-state index in [4.69, 9.17) is 9.47 Å². The van der Waals surface area contributed by atoms with Gasteiger partial charge in [0, 0.05) is 18.7 Å². The maximum absolute atomic E-state index is 5.59. The van der Waals surface area contributed by atoms with Crippen molar-refractivity contribution in [1.82, 2.24) is 4.98 Å². The molecular formula is C12H13NO2. The molecule has 0 spiro atoms. The van der Waals surface area contributed by atoms with Crippen LogP contribution in [-0.4, -0.2) is 18.4 Å². The van der Waals surface area contributed by atoms with Gasteiger partial charge < -0.3 is 9.47 Å². The zero-order valence-electron chi connectivity index (χ0n) is 8.81. The Morgan fingerprint density at radius 1 is 1.20 bits per heavy atom. The summed E-state index contributed by atoms with van der Waals surface area (Å²) in [4.78, 5) is 4.29. The first-order valence-corrected chi connectivity index (χ1v) is 4.84. The molecule has 78 valence electrons. The molecule has 0 N–H and O–H groups in total. The summed E-state index contributed by atoms with van der Waals surface area (Å²) >= 11 is 0. The third-order valence-corrected chi connectivity index (χ3v) is 2.22. The van der Waals surface area contributed by atoms with E-state index in [1.807, 2.05) is 37.3 Å². The van der Waals surface area contributed by atoms with E-state index in [2.05, 4.69) is 4.98 Å². The molecule has 1 aromatic carbocycles. The van der Waals surface area contributed by atoms with Crippen LogP contribution in [0.5, 0.6) is 5.75 Å². The van der Waals surface area contributed by atoms with Crippen LogP contribution in [0.15, 0.2) is 36.5 Å². The van der Waals surface area contributed by atoms with Gasteiger partial charge in [-0.05, 0) is 19.1 Å². The van der Waals surface area contributed by atoms with E-state index in [0.29, 0.717) is 0 Å². The van der Waals surface area contributed by atoms with Crippen LogP contribution in [0.3, 0.4) is 0 Å². The Morgan fingerprint density at radius 3 is 2.80 bits per heavy atom. The Morgan fingerprint density at radius 2 is 2.00 bits per heavy atom. The fourth-order valence-electron chi connectivity index (χ4n) is 1.40. The Balaban J connectivity index is 2.42. The molecule has 0 aliphatic heterocycles. The number of fused-ring (bicyclic) bond motifs is 1. The smallest absolute Gasteiger partial charge is 0.196 e.